The van der Waals surface area contributed by atoms with Crippen LogP contribution in [0.4, 0.5) is 5.69 Å². The molecule has 1 aromatic carbocycles. The Kier molecular flexibility index (Phi) is 5.14. The normalized spacial score (nSPS) is 15.2. The largest absolute Gasteiger partial charge is 0.289 e. The van der Waals surface area contributed by atoms with Crippen molar-refractivity contribution in [1.82, 2.24) is 9.79 Å². The first kappa shape index (κ1) is 17.8. The molecule has 0 fully saturated rings. The van der Waals surface area contributed by atoms with Crippen LogP contribution in [0.15, 0.2) is 23.1 Å². The van der Waals surface area contributed by atoms with Crippen molar-refractivity contribution in [3.8, 4) is 0 Å². The Morgan fingerprint density at radius 2 is 2.00 bits per heavy atom. The summed E-state index contributed by atoms with van der Waals surface area (Å²) in [5.74, 6) is -1.26. The molecule has 2 N–H and O–H groups in total. The number of hydrogen-bond donors (Lipinski definition) is 2. The predicted octanol–water partition coefficient (Wildman–Crippen LogP) is 0.805. The van der Waals surface area contributed by atoms with Gasteiger partial charge >= 0.3 is 0 Å². The minimum absolute atomic E-state index is 0.0790. The summed E-state index contributed by atoms with van der Waals surface area (Å²) in [5.41, 5.74) is 1.00. The van der Waals surface area contributed by atoms with E-state index in [4.69, 9.17) is 5.21 Å². The molecule has 1 heterocycles. The van der Waals surface area contributed by atoms with Crippen molar-refractivity contribution in [1.29, 1.82) is 0 Å². The van der Waals surface area contributed by atoms with E-state index in [2.05, 4.69) is 0 Å². The highest BCUT2D eigenvalue weighted by molar-refractivity contribution is 7.90. The third-order valence-corrected chi connectivity index (χ3v) is 5.41. The van der Waals surface area contributed by atoms with E-state index in [9.17, 15) is 28.1 Å². The third kappa shape index (κ3) is 3.36. The zero-order valence-electron chi connectivity index (χ0n) is 12.5. The molecule has 0 unspecified atom stereocenters. The molecule has 24 heavy (non-hydrogen) atoms. The van der Waals surface area contributed by atoms with Gasteiger partial charge in [-0.05, 0) is 18.9 Å². The van der Waals surface area contributed by atoms with Gasteiger partial charge in [0.15, 0.2) is 0 Å². The van der Waals surface area contributed by atoms with E-state index < -0.39 is 32.4 Å². The molecule has 0 bridgehead atoms. The number of nitrogens with zero attached hydrogens (tertiary/aromatic N) is 2. The van der Waals surface area contributed by atoms with Crippen molar-refractivity contribution >= 4 is 27.5 Å². The molecule has 130 valence electrons. The highest BCUT2D eigenvalue weighted by Gasteiger charge is 2.41. The van der Waals surface area contributed by atoms with Crippen molar-refractivity contribution in [2.75, 3.05) is 6.54 Å². The Hall–Kier alpha value is -2.53. The lowest BCUT2D eigenvalue weighted by Crippen LogP contribution is -2.31. The second-order valence-electron chi connectivity index (χ2n) is 5.17. The van der Waals surface area contributed by atoms with Crippen molar-refractivity contribution in [3.63, 3.8) is 0 Å². The van der Waals surface area contributed by atoms with E-state index in [1.165, 1.54) is 5.48 Å². The fourth-order valence-corrected chi connectivity index (χ4v) is 4.00. The van der Waals surface area contributed by atoms with Gasteiger partial charge in [0.2, 0.25) is 5.91 Å². The van der Waals surface area contributed by atoms with E-state index in [-0.39, 0.29) is 23.4 Å². The van der Waals surface area contributed by atoms with Crippen LogP contribution in [0, 0.1) is 10.1 Å². The molecule has 2 amide bonds. The van der Waals surface area contributed by atoms with Crippen molar-refractivity contribution < 1.29 is 28.1 Å². The average molecular weight is 357 g/mol. The number of nitro groups is 1. The number of hydrogen-bond acceptors (Lipinski definition) is 7. The second kappa shape index (κ2) is 6.93. The van der Waals surface area contributed by atoms with E-state index in [0.29, 0.717) is 23.6 Å². The van der Waals surface area contributed by atoms with Crippen molar-refractivity contribution in [2.24, 2.45) is 0 Å². The number of hydroxylamine groups is 1. The van der Waals surface area contributed by atoms with Crippen LogP contribution < -0.4 is 5.48 Å². The maximum absolute atomic E-state index is 12.4. The Morgan fingerprint density at radius 1 is 1.29 bits per heavy atom. The van der Waals surface area contributed by atoms with E-state index in [0.717, 1.165) is 18.2 Å². The Labute approximate surface area is 137 Å². The molecule has 0 saturated carbocycles. The molecule has 1 aromatic rings. The van der Waals surface area contributed by atoms with E-state index in [1.54, 1.807) is 0 Å². The van der Waals surface area contributed by atoms with Gasteiger partial charge in [-0.2, -0.15) is 0 Å². The minimum Gasteiger partial charge on any atom is -0.289 e. The molecule has 2 rings (SSSR count). The standard InChI is InChI=1S/C13H15N3O7S/c17-12(14-19)4-2-1-3-7-15-13(18)10-6-5-9(16(20)21)8-11(10)24(15,22)23/h5-6,8,19H,1-4,7H2,(H,14,17). The van der Waals surface area contributed by atoms with E-state index in [1.807, 2.05) is 0 Å². The van der Waals surface area contributed by atoms with Crippen LogP contribution in [0.2, 0.25) is 0 Å². The Balaban J connectivity index is 2.07. The molecule has 0 saturated heterocycles. The number of amides is 2. The summed E-state index contributed by atoms with van der Waals surface area (Å²) in [6.07, 6.45) is 1.32. The topological polar surface area (TPSA) is 147 Å². The smallest absolute Gasteiger partial charge is 0.270 e. The van der Waals surface area contributed by atoms with Gasteiger partial charge in [0.25, 0.3) is 21.6 Å². The molecule has 1 aliphatic heterocycles. The van der Waals surface area contributed by atoms with Gasteiger partial charge in [0, 0.05) is 25.1 Å². The Bertz CT molecular complexity index is 791. The second-order valence-corrected chi connectivity index (χ2v) is 7.00. The van der Waals surface area contributed by atoms with E-state index >= 15 is 0 Å². The first-order chi connectivity index (χ1) is 11.3. The molecule has 0 spiro atoms. The predicted molar refractivity (Wildman–Crippen MR) is 79.7 cm³/mol. The van der Waals surface area contributed by atoms with Gasteiger partial charge in [-0.25, -0.2) is 18.2 Å². The lowest BCUT2D eigenvalue weighted by molar-refractivity contribution is -0.385. The van der Waals surface area contributed by atoms with Crippen LogP contribution in [0.1, 0.15) is 36.0 Å². The lowest BCUT2D eigenvalue weighted by Gasteiger charge is -2.14. The Morgan fingerprint density at radius 3 is 2.62 bits per heavy atom. The summed E-state index contributed by atoms with van der Waals surface area (Å²) in [6.45, 7) is -0.0790. The van der Waals surface area contributed by atoms with Crippen LogP contribution in [-0.4, -0.2) is 41.2 Å². The molecule has 11 heteroatoms. The number of carbonyl (C=O) groups excluding carboxylic acids is 2. The van der Waals surface area contributed by atoms with Gasteiger partial charge < -0.3 is 0 Å². The van der Waals surface area contributed by atoms with Crippen LogP contribution in [0.3, 0.4) is 0 Å². The number of unbranched alkanes of at least 4 members (excludes halogenated alkanes) is 2. The number of sulfonamides is 1. The number of benzene rings is 1. The molecule has 1 aliphatic rings. The van der Waals surface area contributed by atoms with Crippen LogP contribution >= 0.6 is 0 Å². The van der Waals surface area contributed by atoms with Gasteiger partial charge in [0.1, 0.15) is 4.90 Å². The number of non-ortho nitro benzene ring substituents is 1. The number of carbonyl (C=O) groups is 2. The molecule has 0 aromatic heterocycles. The number of rotatable bonds is 7. The van der Waals surface area contributed by atoms with Gasteiger partial charge in [-0.1, -0.05) is 6.42 Å². The average Bonchev–Trinajstić information content (AvgIpc) is 2.74. The minimum atomic E-state index is -4.10. The molecule has 10 nitrogen and oxygen atoms in total. The maximum Gasteiger partial charge on any atom is 0.270 e. The van der Waals surface area contributed by atoms with Gasteiger partial charge in [-0.3, -0.25) is 24.9 Å². The number of fused-ring (bicyclic) bond motifs is 1. The number of nitrogens with one attached hydrogen (secondary N) is 1. The maximum atomic E-state index is 12.4. The lowest BCUT2D eigenvalue weighted by atomic mass is 10.1. The molecule has 0 atom stereocenters. The van der Waals surface area contributed by atoms with Crippen LogP contribution in [0.5, 0.6) is 0 Å². The summed E-state index contributed by atoms with van der Waals surface area (Å²) >= 11 is 0. The monoisotopic (exact) mass is 357 g/mol. The summed E-state index contributed by atoms with van der Waals surface area (Å²) in [7, 11) is -4.10. The third-order valence-electron chi connectivity index (χ3n) is 3.59. The zero-order valence-corrected chi connectivity index (χ0v) is 13.3. The van der Waals surface area contributed by atoms with Crippen molar-refractivity contribution in [2.45, 2.75) is 30.6 Å². The summed E-state index contributed by atoms with van der Waals surface area (Å²) in [5, 5.41) is 19.1. The van der Waals surface area contributed by atoms with Crippen LogP contribution in [-0.2, 0) is 14.8 Å². The first-order valence-electron chi connectivity index (χ1n) is 7.07. The molecule has 0 aliphatic carbocycles. The van der Waals surface area contributed by atoms with Crippen LogP contribution in [0.25, 0.3) is 0 Å². The first-order valence-corrected chi connectivity index (χ1v) is 8.51. The quantitative estimate of drug-likeness (QED) is 0.317. The SMILES string of the molecule is O=C(CCCCCN1C(=O)c2ccc([N+](=O)[O-])cc2S1(=O)=O)NO. The molecular weight excluding hydrogens is 342 g/mol. The molecular formula is C13H15N3O7S. The summed E-state index contributed by atoms with van der Waals surface area (Å²) in [6, 6.07) is 3.11. The fourth-order valence-electron chi connectivity index (χ4n) is 2.37. The summed E-state index contributed by atoms with van der Waals surface area (Å²) in [4.78, 5) is 32.7. The summed E-state index contributed by atoms with van der Waals surface area (Å²) < 4.78 is 25.4. The van der Waals surface area contributed by atoms with Gasteiger partial charge in [0.05, 0.1) is 10.5 Å². The molecule has 0 radical (unpaired) electrons. The van der Waals surface area contributed by atoms with Gasteiger partial charge in [-0.15, -0.1) is 0 Å². The highest BCUT2D eigenvalue weighted by Crippen LogP contribution is 2.33. The highest BCUT2D eigenvalue weighted by atomic mass is 32.2. The van der Waals surface area contributed by atoms with Crippen molar-refractivity contribution in [3.05, 3.63) is 33.9 Å². The zero-order chi connectivity index (χ0) is 17.9. The number of nitro benzene ring substituents is 1. The fraction of sp³-hybridized carbons (Fsp3) is 0.385.